The molecule has 0 bridgehead atoms. The third-order valence-electron chi connectivity index (χ3n) is 4.38. The molecule has 1 aliphatic rings. The van der Waals surface area contributed by atoms with Crippen LogP contribution in [0, 0.1) is 0 Å². The van der Waals surface area contributed by atoms with E-state index in [1.807, 2.05) is 42.6 Å². The monoisotopic (exact) mass is 306 g/mol. The largest absolute Gasteiger partial charge is 0.497 e. The van der Waals surface area contributed by atoms with Crippen LogP contribution in [0.25, 0.3) is 11.5 Å². The molecular formula is C19H18N2O2. The third-order valence-corrected chi connectivity index (χ3v) is 4.38. The molecule has 4 nitrogen and oxygen atoms in total. The molecule has 0 N–H and O–H groups in total. The summed E-state index contributed by atoms with van der Waals surface area (Å²) < 4.78 is 11.2. The maximum absolute atomic E-state index is 5.98. The number of hydrogen-bond acceptors (Lipinski definition) is 4. The third kappa shape index (κ3) is 2.72. The molecule has 1 unspecified atom stereocenters. The van der Waals surface area contributed by atoms with Gasteiger partial charge in [0.1, 0.15) is 11.5 Å². The van der Waals surface area contributed by atoms with Crippen LogP contribution in [0.4, 0.5) is 0 Å². The first-order valence-corrected chi connectivity index (χ1v) is 7.87. The first-order valence-electron chi connectivity index (χ1n) is 7.87. The molecule has 0 saturated carbocycles. The number of aromatic nitrogens is 2. The SMILES string of the molecule is COc1ccc(-c2nc3c(o2)CCC(c2ccccn2)C3)cc1. The highest BCUT2D eigenvalue weighted by molar-refractivity contribution is 5.55. The van der Waals surface area contributed by atoms with Crippen LogP contribution in [0.1, 0.15) is 29.5 Å². The molecular weight excluding hydrogens is 288 g/mol. The second kappa shape index (κ2) is 5.88. The zero-order valence-corrected chi connectivity index (χ0v) is 13.0. The van der Waals surface area contributed by atoms with Crippen LogP contribution in [0.5, 0.6) is 5.75 Å². The Hall–Kier alpha value is -2.62. The number of pyridine rings is 1. The lowest BCUT2D eigenvalue weighted by Crippen LogP contribution is -2.13. The van der Waals surface area contributed by atoms with E-state index in [4.69, 9.17) is 14.1 Å². The second-order valence-corrected chi connectivity index (χ2v) is 5.81. The van der Waals surface area contributed by atoms with E-state index in [1.54, 1.807) is 7.11 Å². The molecule has 1 aliphatic carbocycles. The van der Waals surface area contributed by atoms with Gasteiger partial charge >= 0.3 is 0 Å². The van der Waals surface area contributed by atoms with E-state index in [2.05, 4.69) is 11.1 Å². The number of fused-ring (bicyclic) bond motifs is 1. The molecule has 2 heterocycles. The summed E-state index contributed by atoms with van der Waals surface area (Å²) in [5, 5.41) is 0. The summed E-state index contributed by atoms with van der Waals surface area (Å²) in [6.07, 6.45) is 4.73. The summed E-state index contributed by atoms with van der Waals surface area (Å²) in [7, 11) is 1.66. The van der Waals surface area contributed by atoms with Crippen molar-refractivity contribution in [2.75, 3.05) is 7.11 Å². The molecule has 0 amide bonds. The fourth-order valence-electron chi connectivity index (χ4n) is 3.11. The number of methoxy groups -OCH3 is 1. The van der Waals surface area contributed by atoms with Crippen molar-refractivity contribution in [3.05, 3.63) is 65.8 Å². The van der Waals surface area contributed by atoms with Crippen molar-refractivity contribution in [3.63, 3.8) is 0 Å². The maximum atomic E-state index is 5.98. The van der Waals surface area contributed by atoms with Gasteiger partial charge in [-0.15, -0.1) is 0 Å². The van der Waals surface area contributed by atoms with Gasteiger partial charge in [-0.05, 0) is 42.8 Å². The van der Waals surface area contributed by atoms with Gasteiger partial charge in [0.25, 0.3) is 0 Å². The van der Waals surface area contributed by atoms with Crippen molar-refractivity contribution >= 4 is 0 Å². The highest BCUT2D eigenvalue weighted by Crippen LogP contribution is 2.34. The first kappa shape index (κ1) is 14.0. The summed E-state index contributed by atoms with van der Waals surface area (Å²) in [4.78, 5) is 9.20. The van der Waals surface area contributed by atoms with Crippen LogP contribution >= 0.6 is 0 Å². The van der Waals surface area contributed by atoms with Crippen molar-refractivity contribution in [2.24, 2.45) is 0 Å². The van der Waals surface area contributed by atoms with E-state index in [0.717, 1.165) is 47.7 Å². The van der Waals surface area contributed by atoms with Crippen molar-refractivity contribution in [1.29, 1.82) is 0 Å². The predicted octanol–water partition coefficient (Wildman–Crippen LogP) is 4.02. The van der Waals surface area contributed by atoms with E-state index >= 15 is 0 Å². The molecule has 0 saturated heterocycles. The quantitative estimate of drug-likeness (QED) is 0.733. The van der Waals surface area contributed by atoms with Gasteiger partial charge in [0.05, 0.1) is 12.8 Å². The zero-order chi connectivity index (χ0) is 15.6. The highest BCUT2D eigenvalue weighted by Gasteiger charge is 2.26. The van der Waals surface area contributed by atoms with Crippen LogP contribution < -0.4 is 4.74 Å². The molecule has 0 aliphatic heterocycles. The number of oxazole rings is 1. The Morgan fingerprint density at radius 1 is 1.13 bits per heavy atom. The topological polar surface area (TPSA) is 48.2 Å². The average Bonchev–Trinajstić information content (AvgIpc) is 3.06. The lowest BCUT2D eigenvalue weighted by Gasteiger charge is -2.19. The predicted molar refractivity (Wildman–Crippen MR) is 87.5 cm³/mol. The number of ether oxygens (including phenoxy) is 1. The van der Waals surface area contributed by atoms with Crippen molar-refractivity contribution in [1.82, 2.24) is 9.97 Å². The number of rotatable bonds is 3. The van der Waals surface area contributed by atoms with E-state index in [-0.39, 0.29) is 0 Å². The molecule has 116 valence electrons. The van der Waals surface area contributed by atoms with E-state index in [9.17, 15) is 0 Å². The Kier molecular flexibility index (Phi) is 3.58. The van der Waals surface area contributed by atoms with Gasteiger partial charge in [-0.2, -0.15) is 0 Å². The van der Waals surface area contributed by atoms with Crippen LogP contribution in [0.3, 0.4) is 0 Å². The smallest absolute Gasteiger partial charge is 0.226 e. The number of nitrogens with zero attached hydrogens (tertiary/aromatic N) is 2. The van der Waals surface area contributed by atoms with Gasteiger partial charge in [0.15, 0.2) is 0 Å². The van der Waals surface area contributed by atoms with Gasteiger partial charge in [-0.3, -0.25) is 4.98 Å². The van der Waals surface area contributed by atoms with Crippen molar-refractivity contribution < 1.29 is 9.15 Å². The standard InChI is InChI=1S/C19H18N2O2/c1-22-15-8-5-13(6-9-15)19-21-17-12-14(7-10-18(17)23-19)16-4-2-3-11-20-16/h2-6,8-9,11,14H,7,10,12H2,1H3. The first-order chi connectivity index (χ1) is 11.3. The van der Waals surface area contributed by atoms with E-state index in [1.165, 1.54) is 0 Å². The minimum absolute atomic E-state index is 0.428. The van der Waals surface area contributed by atoms with Crippen molar-refractivity contribution in [2.45, 2.75) is 25.2 Å². The normalized spacial score (nSPS) is 16.8. The minimum atomic E-state index is 0.428. The molecule has 4 rings (SSSR count). The molecule has 1 aromatic carbocycles. The van der Waals surface area contributed by atoms with Gasteiger partial charge in [0, 0.05) is 36.2 Å². The molecule has 0 radical (unpaired) electrons. The molecule has 2 aromatic heterocycles. The molecule has 0 fully saturated rings. The summed E-state index contributed by atoms with van der Waals surface area (Å²) >= 11 is 0. The Morgan fingerprint density at radius 3 is 2.74 bits per heavy atom. The van der Waals surface area contributed by atoms with Crippen LogP contribution in [0.2, 0.25) is 0 Å². The molecule has 23 heavy (non-hydrogen) atoms. The molecule has 4 heteroatoms. The lowest BCUT2D eigenvalue weighted by molar-refractivity contribution is 0.415. The molecule has 1 atom stereocenters. The summed E-state index contributed by atoms with van der Waals surface area (Å²) in [6, 6.07) is 13.9. The van der Waals surface area contributed by atoms with Gasteiger partial charge in [0.2, 0.25) is 5.89 Å². The van der Waals surface area contributed by atoms with Crippen molar-refractivity contribution in [3.8, 4) is 17.2 Å². The van der Waals surface area contributed by atoms with Crippen LogP contribution in [-0.4, -0.2) is 17.1 Å². The fourth-order valence-corrected chi connectivity index (χ4v) is 3.11. The molecule has 0 spiro atoms. The Bertz CT molecular complexity index is 794. The van der Waals surface area contributed by atoms with E-state index < -0.39 is 0 Å². The number of hydrogen-bond donors (Lipinski definition) is 0. The maximum Gasteiger partial charge on any atom is 0.226 e. The second-order valence-electron chi connectivity index (χ2n) is 5.81. The lowest BCUT2D eigenvalue weighted by atomic mass is 9.87. The Balaban J connectivity index is 1.59. The number of aryl methyl sites for hydroxylation is 1. The highest BCUT2D eigenvalue weighted by atomic mass is 16.5. The van der Waals surface area contributed by atoms with Gasteiger partial charge < -0.3 is 9.15 Å². The van der Waals surface area contributed by atoms with Gasteiger partial charge in [-0.1, -0.05) is 6.07 Å². The summed E-state index contributed by atoms with van der Waals surface area (Å²) in [6.45, 7) is 0. The van der Waals surface area contributed by atoms with E-state index in [0.29, 0.717) is 11.8 Å². The Labute approximate surface area is 135 Å². The summed E-state index contributed by atoms with van der Waals surface area (Å²) in [5.41, 5.74) is 3.19. The Morgan fingerprint density at radius 2 is 2.00 bits per heavy atom. The minimum Gasteiger partial charge on any atom is -0.497 e. The zero-order valence-electron chi connectivity index (χ0n) is 13.0. The number of benzene rings is 1. The molecule has 3 aromatic rings. The average molecular weight is 306 g/mol. The summed E-state index contributed by atoms with van der Waals surface area (Å²) in [5.74, 6) is 2.97. The van der Waals surface area contributed by atoms with Gasteiger partial charge in [-0.25, -0.2) is 4.98 Å². The fraction of sp³-hybridized carbons (Fsp3) is 0.263. The van der Waals surface area contributed by atoms with Crippen LogP contribution in [-0.2, 0) is 12.8 Å². The van der Waals surface area contributed by atoms with Crippen LogP contribution in [0.15, 0.2) is 53.1 Å².